The van der Waals surface area contributed by atoms with Crippen molar-refractivity contribution in [3.8, 4) is 0 Å². The highest BCUT2D eigenvalue weighted by Crippen LogP contribution is 1.97. The highest BCUT2D eigenvalue weighted by atomic mass is 32.2. The third kappa shape index (κ3) is 7.51. The Labute approximate surface area is 62.5 Å². The molecule has 0 aliphatic rings. The van der Waals surface area contributed by atoms with E-state index in [4.69, 9.17) is 5.11 Å². The molecule has 0 spiro atoms. The molecule has 6 heteroatoms. The van der Waals surface area contributed by atoms with E-state index in [1.54, 1.807) is 0 Å². The Hall–Kier alpha value is -0.490. The van der Waals surface area contributed by atoms with E-state index in [1.165, 1.54) is 11.8 Å². The van der Waals surface area contributed by atoms with Crippen LogP contribution in [0.4, 0.5) is 0 Å². The smallest absolute Gasteiger partial charge is 0.294 e. The third-order valence-corrected chi connectivity index (χ3v) is 1.59. The van der Waals surface area contributed by atoms with Gasteiger partial charge in [-0.2, -0.15) is 11.8 Å². The fourth-order valence-corrected chi connectivity index (χ4v) is 0.863. The molecule has 0 rings (SSSR count). The van der Waals surface area contributed by atoms with Crippen LogP contribution in [-0.4, -0.2) is 34.9 Å². The SMILES string of the molecule is O=[N+]([O-])OCCSCCO. The molecule has 0 fully saturated rings. The van der Waals surface area contributed by atoms with Gasteiger partial charge in [-0.15, -0.1) is 10.1 Å². The molecule has 0 saturated carbocycles. The monoisotopic (exact) mass is 167 g/mol. The van der Waals surface area contributed by atoms with Gasteiger partial charge in [0.15, 0.2) is 0 Å². The molecule has 0 aromatic heterocycles. The van der Waals surface area contributed by atoms with Gasteiger partial charge in [0.1, 0.15) is 6.61 Å². The lowest BCUT2D eigenvalue weighted by Gasteiger charge is -1.96. The predicted octanol–water partition coefficient (Wildman–Crippen LogP) is -0.0798. The van der Waals surface area contributed by atoms with E-state index in [0.717, 1.165) is 0 Å². The van der Waals surface area contributed by atoms with Gasteiger partial charge < -0.3 is 9.94 Å². The Bertz CT molecular complexity index is 99.3. The van der Waals surface area contributed by atoms with E-state index in [-0.39, 0.29) is 13.2 Å². The van der Waals surface area contributed by atoms with Gasteiger partial charge in [0.2, 0.25) is 0 Å². The van der Waals surface area contributed by atoms with Crippen LogP contribution in [0, 0.1) is 10.1 Å². The van der Waals surface area contributed by atoms with Crippen LogP contribution < -0.4 is 0 Å². The van der Waals surface area contributed by atoms with E-state index in [1.807, 2.05) is 0 Å². The molecule has 60 valence electrons. The number of aliphatic hydroxyl groups is 1. The van der Waals surface area contributed by atoms with Crippen LogP contribution in [0.5, 0.6) is 0 Å². The van der Waals surface area contributed by atoms with Gasteiger partial charge in [-0.25, -0.2) is 0 Å². The fourth-order valence-electron chi connectivity index (χ4n) is 0.337. The van der Waals surface area contributed by atoms with E-state index in [2.05, 4.69) is 4.84 Å². The first-order chi connectivity index (χ1) is 4.77. The van der Waals surface area contributed by atoms with Crippen LogP contribution in [0.1, 0.15) is 0 Å². The van der Waals surface area contributed by atoms with Crippen LogP contribution in [0.3, 0.4) is 0 Å². The first kappa shape index (κ1) is 9.51. The van der Waals surface area contributed by atoms with Gasteiger partial charge >= 0.3 is 0 Å². The summed E-state index contributed by atoms with van der Waals surface area (Å²) in [5, 5.41) is 17.0. The van der Waals surface area contributed by atoms with Gasteiger partial charge in [0.05, 0.1) is 6.61 Å². The molecule has 0 bridgehead atoms. The second kappa shape index (κ2) is 6.63. The van der Waals surface area contributed by atoms with Gasteiger partial charge in [0.25, 0.3) is 5.09 Å². The molecule has 0 radical (unpaired) electrons. The summed E-state index contributed by atoms with van der Waals surface area (Å²) in [6.45, 7) is 0.195. The minimum atomic E-state index is -0.820. The van der Waals surface area contributed by atoms with Crippen LogP contribution in [0.15, 0.2) is 0 Å². The predicted molar refractivity (Wildman–Crippen MR) is 37.4 cm³/mol. The summed E-state index contributed by atoms with van der Waals surface area (Å²) in [4.78, 5) is 13.6. The first-order valence-electron chi connectivity index (χ1n) is 2.73. The summed E-state index contributed by atoms with van der Waals surface area (Å²) >= 11 is 1.42. The second-order valence-electron chi connectivity index (χ2n) is 1.39. The highest BCUT2D eigenvalue weighted by molar-refractivity contribution is 7.99. The molecule has 1 N–H and O–H groups in total. The average Bonchev–Trinajstić information content (AvgIpc) is 1.87. The maximum Gasteiger partial charge on any atom is 0.294 e. The largest absolute Gasteiger partial charge is 0.396 e. The molecule has 0 aliphatic heterocycles. The molecule has 0 saturated heterocycles. The summed E-state index contributed by atoms with van der Waals surface area (Å²) in [5.41, 5.74) is 0. The fraction of sp³-hybridized carbons (Fsp3) is 1.00. The van der Waals surface area contributed by atoms with Gasteiger partial charge in [-0.1, -0.05) is 0 Å². The van der Waals surface area contributed by atoms with Crippen molar-refractivity contribution < 1.29 is 15.0 Å². The second-order valence-corrected chi connectivity index (χ2v) is 2.62. The molecule has 0 heterocycles. The maximum absolute atomic E-state index is 9.56. The molecule has 0 aliphatic carbocycles. The number of aliphatic hydroxyl groups excluding tert-OH is 1. The van der Waals surface area contributed by atoms with Crippen molar-refractivity contribution in [2.75, 3.05) is 24.7 Å². The molecule has 0 aromatic carbocycles. The van der Waals surface area contributed by atoms with Gasteiger partial charge in [-0.05, 0) is 0 Å². The van der Waals surface area contributed by atoms with E-state index in [9.17, 15) is 10.1 Å². The summed E-state index contributed by atoms with van der Waals surface area (Å²) in [5.74, 6) is 1.14. The topological polar surface area (TPSA) is 72.6 Å². The molecule has 0 aromatic rings. The zero-order chi connectivity index (χ0) is 7.82. The normalized spacial score (nSPS) is 9.30. The van der Waals surface area contributed by atoms with Crippen LogP contribution >= 0.6 is 11.8 Å². The van der Waals surface area contributed by atoms with Crippen molar-refractivity contribution in [1.82, 2.24) is 0 Å². The summed E-state index contributed by atoms with van der Waals surface area (Å²) in [7, 11) is 0. The Morgan fingerprint density at radius 1 is 1.60 bits per heavy atom. The van der Waals surface area contributed by atoms with Crippen molar-refractivity contribution in [2.24, 2.45) is 0 Å². The van der Waals surface area contributed by atoms with Crippen molar-refractivity contribution in [2.45, 2.75) is 0 Å². The van der Waals surface area contributed by atoms with E-state index < -0.39 is 5.09 Å². The average molecular weight is 167 g/mol. The minimum absolute atomic E-state index is 0.0949. The Morgan fingerprint density at radius 2 is 2.30 bits per heavy atom. The molecule has 0 unspecified atom stereocenters. The van der Waals surface area contributed by atoms with Gasteiger partial charge in [0, 0.05) is 11.5 Å². The Morgan fingerprint density at radius 3 is 2.80 bits per heavy atom. The molecular formula is C4H9NO4S. The van der Waals surface area contributed by atoms with Crippen molar-refractivity contribution >= 4 is 11.8 Å². The quantitative estimate of drug-likeness (QED) is 0.340. The van der Waals surface area contributed by atoms with E-state index >= 15 is 0 Å². The molecule has 0 atom stereocenters. The molecule has 0 amide bonds. The minimum Gasteiger partial charge on any atom is -0.396 e. The van der Waals surface area contributed by atoms with Crippen LogP contribution in [0.2, 0.25) is 0 Å². The van der Waals surface area contributed by atoms with Crippen LogP contribution in [-0.2, 0) is 4.84 Å². The summed E-state index contributed by atoms with van der Waals surface area (Å²) < 4.78 is 0. The maximum atomic E-state index is 9.56. The lowest BCUT2D eigenvalue weighted by atomic mass is 10.9. The number of hydrogen-bond donors (Lipinski definition) is 1. The molecule has 10 heavy (non-hydrogen) atoms. The highest BCUT2D eigenvalue weighted by Gasteiger charge is 1.93. The number of hydrogen-bond acceptors (Lipinski definition) is 5. The van der Waals surface area contributed by atoms with Gasteiger partial charge in [-0.3, -0.25) is 0 Å². The molecule has 5 nitrogen and oxygen atoms in total. The lowest BCUT2D eigenvalue weighted by Crippen LogP contribution is -2.04. The Balaban J connectivity index is 2.84. The number of nitrogens with zero attached hydrogens (tertiary/aromatic N) is 1. The first-order valence-corrected chi connectivity index (χ1v) is 3.88. The zero-order valence-corrected chi connectivity index (χ0v) is 6.17. The Kier molecular flexibility index (Phi) is 6.30. The van der Waals surface area contributed by atoms with Crippen molar-refractivity contribution in [3.63, 3.8) is 0 Å². The standard InChI is InChI=1S/C4H9NO4S/c6-1-3-10-4-2-9-5(7)8/h6H,1-4H2. The van der Waals surface area contributed by atoms with E-state index in [0.29, 0.717) is 11.5 Å². The lowest BCUT2D eigenvalue weighted by molar-refractivity contribution is -0.756. The third-order valence-electron chi connectivity index (χ3n) is 0.660. The summed E-state index contributed by atoms with van der Waals surface area (Å²) in [6, 6.07) is 0. The zero-order valence-electron chi connectivity index (χ0n) is 5.36. The van der Waals surface area contributed by atoms with Crippen molar-refractivity contribution in [1.29, 1.82) is 0 Å². The summed E-state index contributed by atoms with van der Waals surface area (Å²) in [6.07, 6.45) is 0. The molecular weight excluding hydrogens is 158 g/mol. The van der Waals surface area contributed by atoms with Crippen molar-refractivity contribution in [3.05, 3.63) is 10.1 Å². The number of rotatable bonds is 6. The van der Waals surface area contributed by atoms with Crippen LogP contribution in [0.25, 0.3) is 0 Å². The number of thioether (sulfide) groups is 1.